The second kappa shape index (κ2) is 3.44. The molecular formula is C9H16N2O. The average molecular weight is 168 g/mol. The number of likely N-dealkylation sites (tertiary alicyclic amines) is 1. The topological polar surface area (TPSA) is 35.8 Å². The third kappa shape index (κ3) is 1.33. The minimum atomic E-state index is 0.470. The molecule has 1 heterocycles. The van der Waals surface area contributed by atoms with Crippen LogP contribution in [-0.2, 0) is 0 Å². The summed E-state index contributed by atoms with van der Waals surface area (Å²) in [5, 5.41) is 12.1. The molecule has 1 aliphatic heterocycles. The SMILES string of the molecule is O/N=C1/CCCC1N1CCCC1. The first-order valence-electron chi connectivity index (χ1n) is 4.86. The summed E-state index contributed by atoms with van der Waals surface area (Å²) < 4.78 is 0. The first-order valence-corrected chi connectivity index (χ1v) is 4.86. The maximum absolute atomic E-state index is 8.76. The molecular weight excluding hydrogens is 152 g/mol. The van der Waals surface area contributed by atoms with Crippen molar-refractivity contribution >= 4 is 5.71 Å². The van der Waals surface area contributed by atoms with Crippen LogP contribution in [0.5, 0.6) is 0 Å². The normalized spacial score (nSPS) is 35.0. The van der Waals surface area contributed by atoms with Gasteiger partial charge in [-0.2, -0.15) is 0 Å². The van der Waals surface area contributed by atoms with Crippen LogP contribution in [0.25, 0.3) is 0 Å². The van der Waals surface area contributed by atoms with Gasteiger partial charge in [0.25, 0.3) is 0 Å². The van der Waals surface area contributed by atoms with Crippen molar-refractivity contribution in [3.63, 3.8) is 0 Å². The molecule has 0 bridgehead atoms. The molecule has 12 heavy (non-hydrogen) atoms. The zero-order chi connectivity index (χ0) is 8.39. The summed E-state index contributed by atoms with van der Waals surface area (Å²) in [7, 11) is 0. The van der Waals surface area contributed by atoms with Crippen molar-refractivity contribution in [2.45, 2.75) is 38.1 Å². The Balaban J connectivity index is 2.01. The van der Waals surface area contributed by atoms with Crippen molar-refractivity contribution in [1.82, 2.24) is 4.90 Å². The quantitative estimate of drug-likeness (QED) is 0.475. The van der Waals surface area contributed by atoms with E-state index in [2.05, 4.69) is 10.1 Å². The van der Waals surface area contributed by atoms with Crippen LogP contribution in [0, 0.1) is 0 Å². The fourth-order valence-corrected chi connectivity index (χ4v) is 2.37. The minimum absolute atomic E-state index is 0.470. The minimum Gasteiger partial charge on any atom is -0.411 e. The van der Waals surface area contributed by atoms with Crippen molar-refractivity contribution in [3.05, 3.63) is 0 Å². The van der Waals surface area contributed by atoms with E-state index in [4.69, 9.17) is 5.21 Å². The van der Waals surface area contributed by atoms with Crippen LogP contribution in [0.15, 0.2) is 5.16 Å². The average Bonchev–Trinajstić information content (AvgIpc) is 2.74. The van der Waals surface area contributed by atoms with Gasteiger partial charge in [-0.25, -0.2) is 0 Å². The number of hydrogen-bond donors (Lipinski definition) is 1. The summed E-state index contributed by atoms with van der Waals surface area (Å²) in [5.41, 5.74) is 1.01. The fourth-order valence-electron chi connectivity index (χ4n) is 2.37. The number of rotatable bonds is 1. The summed E-state index contributed by atoms with van der Waals surface area (Å²) >= 11 is 0. The molecule has 1 atom stereocenters. The van der Waals surface area contributed by atoms with E-state index in [1.807, 2.05) is 0 Å². The Bertz CT molecular complexity index is 185. The fraction of sp³-hybridized carbons (Fsp3) is 0.889. The molecule has 0 amide bonds. The third-order valence-corrected chi connectivity index (χ3v) is 3.00. The van der Waals surface area contributed by atoms with Crippen LogP contribution >= 0.6 is 0 Å². The van der Waals surface area contributed by atoms with E-state index in [0.29, 0.717) is 6.04 Å². The van der Waals surface area contributed by atoms with Crippen molar-refractivity contribution in [1.29, 1.82) is 0 Å². The Morgan fingerprint density at radius 1 is 1.25 bits per heavy atom. The molecule has 1 N–H and O–H groups in total. The number of hydrogen-bond acceptors (Lipinski definition) is 3. The largest absolute Gasteiger partial charge is 0.411 e. The number of oxime groups is 1. The zero-order valence-electron chi connectivity index (χ0n) is 7.37. The molecule has 1 aliphatic carbocycles. The van der Waals surface area contributed by atoms with Crippen LogP contribution in [0.3, 0.4) is 0 Å². The Kier molecular flexibility index (Phi) is 2.30. The molecule has 2 aliphatic rings. The molecule has 1 unspecified atom stereocenters. The highest BCUT2D eigenvalue weighted by Crippen LogP contribution is 2.24. The van der Waals surface area contributed by atoms with Crippen LogP contribution in [-0.4, -0.2) is 35.0 Å². The van der Waals surface area contributed by atoms with Crippen molar-refractivity contribution < 1.29 is 5.21 Å². The highest BCUT2D eigenvalue weighted by Gasteiger charge is 2.30. The van der Waals surface area contributed by atoms with Gasteiger partial charge >= 0.3 is 0 Å². The highest BCUT2D eigenvalue weighted by molar-refractivity contribution is 5.90. The van der Waals surface area contributed by atoms with Gasteiger partial charge in [-0.05, 0) is 45.2 Å². The van der Waals surface area contributed by atoms with Crippen molar-refractivity contribution in [2.75, 3.05) is 13.1 Å². The first kappa shape index (κ1) is 8.05. The molecule has 0 aromatic heterocycles. The summed E-state index contributed by atoms with van der Waals surface area (Å²) in [6.07, 6.45) is 6.02. The van der Waals surface area contributed by atoms with Gasteiger partial charge in [-0.1, -0.05) is 5.16 Å². The number of nitrogens with zero attached hydrogens (tertiary/aromatic N) is 2. The standard InChI is InChI=1S/C9H16N2O/c12-10-8-4-3-5-9(8)11-6-1-2-7-11/h9,12H,1-7H2/b10-8-. The summed E-state index contributed by atoms with van der Waals surface area (Å²) in [6, 6.07) is 0.470. The van der Waals surface area contributed by atoms with Crippen LogP contribution < -0.4 is 0 Å². The lowest BCUT2D eigenvalue weighted by Crippen LogP contribution is -2.35. The van der Waals surface area contributed by atoms with Gasteiger partial charge in [0.05, 0.1) is 11.8 Å². The summed E-state index contributed by atoms with van der Waals surface area (Å²) in [5.74, 6) is 0. The van der Waals surface area contributed by atoms with E-state index < -0.39 is 0 Å². The smallest absolute Gasteiger partial charge is 0.0742 e. The monoisotopic (exact) mass is 168 g/mol. The van der Waals surface area contributed by atoms with E-state index in [0.717, 1.165) is 12.1 Å². The van der Waals surface area contributed by atoms with E-state index in [1.54, 1.807) is 0 Å². The molecule has 0 spiro atoms. The molecule has 68 valence electrons. The molecule has 0 aromatic rings. The van der Waals surface area contributed by atoms with E-state index in [9.17, 15) is 0 Å². The zero-order valence-corrected chi connectivity index (χ0v) is 7.37. The predicted molar refractivity (Wildman–Crippen MR) is 47.7 cm³/mol. The van der Waals surface area contributed by atoms with Gasteiger partial charge in [0.15, 0.2) is 0 Å². The van der Waals surface area contributed by atoms with E-state index >= 15 is 0 Å². The summed E-state index contributed by atoms with van der Waals surface area (Å²) in [6.45, 7) is 2.40. The Labute approximate surface area is 73.1 Å². The highest BCUT2D eigenvalue weighted by atomic mass is 16.4. The van der Waals surface area contributed by atoms with Gasteiger partial charge in [-0.3, -0.25) is 4.90 Å². The molecule has 2 fully saturated rings. The van der Waals surface area contributed by atoms with Crippen LogP contribution in [0.4, 0.5) is 0 Å². The second-order valence-corrected chi connectivity index (χ2v) is 3.74. The lowest BCUT2D eigenvalue weighted by atomic mass is 10.2. The maximum Gasteiger partial charge on any atom is 0.0742 e. The molecule has 1 saturated heterocycles. The molecule has 0 aromatic carbocycles. The van der Waals surface area contributed by atoms with Gasteiger partial charge in [-0.15, -0.1) is 0 Å². The molecule has 3 heteroatoms. The molecule has 0 radical (unpaired) electrons. The second-order valence-electron chi connectivity index (χ2n) is 3.74. The lowest BCUT2D eigenvalue weighted by Gasteiger charge is -2.22. The van der Waals surface area contributed by atoms with Gasteiger partial charge in [0.2, 0.25) is 0 Å². The van der Waals surface area contributed by atoms with E-state index in [-0.39, 0.29) is 0 Å². The Morgan fingerprint density at radius 3 is 2.67 bits per heavy atom. The Morgan fingerprint density at radius 2 is 2.00 bits per heavy atom. The molecule has 3 nitrogen and oxygen atoms in total. The summed E-state index contributed by atoms with van der Waals surface area (Å²) in [4.78, 5) is 2.46. The molecule has 1 saturated carbocycles. The van der Waals surface area contributed by atoms with Crippen molar-refractivity contribution in [2.24, 2.45) is 5.16 Å². The van der Waals surface area contributed by atoms with Gasteiger partial charge in [0.1, 0.15) is 0 Å². The Hall–Kier alpha value is -0.570. The predicted octanol–water partition coefficient (Wildman–Crippen LogP) is 1.46. The lowest BCUT2D eigenvalue weighted by molar-refractivity contribution is 0.279. The van der Waals surface area contributed by atoms with Crippen LogP contribution in [0.1, 0.15) is 32.1 Å². The van der Waals surface area contributed by atoms with Crippen LogP contribution in [0.2, 0.25) is 0 Å². The van der Waals surface area contributed by atoms with Gasteiger partial charge < -0.3 is 5.21 Å². The maximum atomic E-state index is 8.76. The van der Waals surface area contributed by atoms with E-state index in [1.165, 1.54) is 38.8 Å². The molecule has 2 rings (SSSR count). The van der Waals surface area contributed by atoms with Crippen molar-refractivity contribution in [3.8, 4) is 0 Å². The first-order chi connectivity index (χ1) is 5.92. The van der Waals surface area contributed by atoms with Gasteiger partial charge in [0, 0.05) is 0 Å². The third-order valence-electron chi connectivity index (χ3n) is 3.00.